The lowest BCUT2D eigenvalue weighted by atomic mass is 10.2. The van der Waals surface area contributed by atoms with Crippen molar-refractivity contribution in [3.63, 3.8) is 0 Å². The van der Waals surface area contributed by atoms with Gasteiger partial charge in [-0.25, -0.2) is 0 Å². The lowest BCUT2D eigenvalue weighted by Crippen LogP contribution is -2.09. The first-order valence-corrected chi connectivity index (χ1v) is 5.36. The van der Waals surface area contributed by atoms with Crippen LogP contribution in [-0.4, -0.2) is 12.5 Å². The molecule has 0 saturated heterocycles. The quantitative estimate of drug-likeness (QED) is 0.648. The molecule has 1 aromatic rings. The number of carbonyl (C=O) groups excluding carboxylic acids is 1. The molecule has 4 heteroatoms. The maximum absolute atomic E-state index is 11.4. The Morgan fingerprint density at radius 3 is 2.94 bits per heavy atom. The van der Waals surface area contributed by atoms with Crippen molar-refractivity contribution in [2.45, 2.75) is 13.8 Å². The Kier molecular flexibility index (Phi) is 4.86. The summed E-state index contributed by atoms with van der Waals surface area (Å²) in [7, 11) is 0. The highest BCUT2D eigenvalue weighted by Crippen LogP contribution is 2.19. The second-order valence-corrected chi connectivity index (χ2v) is 3.64. The van der Waals surface area contributed by atoms with Gasteiger partial charge in [0.05, 0.1) is 12.9 Å². The minimum absolute atomic E-state index is 0.223. The van der Waals surface area contributed by atoms with Gasteiger partial charge < -0.3 is 10.1 Å². The van der Waals surface area contributed by atoms with E-state index in [9.17, 15) is 4.79 Å². The fourth-order valence-corrected chi connectivity index (χ4v) is 1.37. The monoisotopic (exact) mass is 239 g/mol. The average molecular weight is 240 g/mol. The number of carbonyl (C=O) groups is 1. The summed E-state index contributed by atoms with van der Waals surface area (Å²) in [6.45, 7) is 4.28. The van der Waals surface area contributed by atoms with Gasteiger partial charge >= 0.3 is 0 Å². The topological polar surface area (TPSA) is 38.3 Å². The van der Waals surface area contributed by atoms with Crippen molar-refractivity contribution in [1.82, 2.24) is 0 Å². The molecule has 0 unspecified atom stereocenters. The number of halogens is 1. The summed E-state index contributed by atoms with van der Waals surface area (Å²) in [5.41, 5.74) is 1.67. The van der Waals surface area contributed by atoms with Gasteiger partial charge in [-0.1, -0.05) is 11.6 Å². The summed E-state index contributed by atoms with van der Waals surface area (Å²) < 4.78 is 4.93. The van der Waals surface area contributed by atoms with Gasteiger partial charge in [0, 0.05) is 16.8 Å². The van der Waals surface area contributed by atoms with Crippen LogP contribution in [0.25, 0.3) is 0 Å². The van der Waals surface area contributed by atoms with Crippen LogP contribution in [0.15, 0.2) is 30.5 Å². The van der Waals surface area contributed by atoms with Gasteiger partial charge in [0.2, 0.25) is 0 Å². The van der Waals surface area contributed by atoms with Crippen LogP contribution in [-0.2, 0) is 9.53 Å². The zero-order valence-electron chi connectivity index (χ0n) is 9.29. The van der Waals surface area contributed by atoms with Crippen molar-refractivity contribution in [1.29, 1.82) is 0 Å². The molecule has 0 aliphatic rings. The molecule has 0 fully saturated rings. The molecule has 0 atom stereocenters. The molecule has 0 aliphatic heterocycles. The molecule has 0 radical (unpaired) electrons. The molecule has 1 aromatic carbocycles. The number of hydrogen-bond donors (Lipinski definition) is 1. The Balaban J connectivity index is 2.63. The Hall–Kier alpha value is -1.48. The molecule has 0 heterocycles. The molecule has 0 saturated carbocycles. The van der Waals surface area contributed by atoms with Crippen molar-refractivity contribution >= 4 is 23.2 Å². The van der Waals surface area contributed by atoms with Crippen molar-refractivity contribution in [2.24, 2.45) is 0 Å². The van der Waals surface area contributed by atoms with E-state index in [0.29, 0.717) is 11.6 Å². The minimum atomic E-state index is -0.223. The normalized spacial score (nSPS) is 10.4. The van der Waals surface area contributed by atoms with E-state index in [1.165, 1.54) is 12.3 Å². The highest BCUT2D eigenvalue weighted by molar-refractivity contribution is 6.30. The largest absolute Gasteiger partial charge is 0.501 e. The first-order valence-electron chi connectivity index (χ1n) is 4.98. The van der Waals surface area contributed by atoms with Gasteiger partial charge in [-0.15, -0.1) is 0 Å². The molecule has 1 amide bonds. The average Bonchev–Trinajstić information content (AvgIpc) is 2.23. The number of aryl methyl sites for hydroxylation is 1. The van der Waals surface area contributed by atoms with Crippen LogP contribution in [0.3, 0.4) is 0 Å². The molecular formula is C12H14ClNO2. The van der Waals surface area contributed by atoms with Crippen LogP contribution in [0.4, 0.5) is 5.69 Å². The lowest BCUT2D eigenvalue weighted by molar-refractivity contribution is -0.112. The zero-order valence-corrected chi connectivity index (χ0v) is 10.0. The minimum Gasteiger partial charge on any atom is -0.501 e. The van der Waals surface area contributed by atoms with Crippen LogP contribution in [0.5, 0.6) is 0 Å². The molecule has 0 aromatic heterocycles. The Labute approximate surface area is 100 Å². The first kappa shape index (κ1) is 12.6. The second kappa shape index (κ2) is 6.18. The van der Waals surface area contributed by atoms with Crippen molar-refractivity contribution in [3.05, 3.63) is 41.1 Å². The molecule has 1 N–H and O–H groups in total. The molecule has 3 nitrogen and oxygen atoms in total. The van der Waals surface area contributed by atoms with Gasteiger partial charge in [0.15, 0.2) is 0 Å². The fraction of sp³-hybridized carbons (Fsp3) is 0.250. The molecule has 86 valence electrons. The summed E-state index contributed by atoms with van der Waals surface area (Å²) >= 11 is 5.81. The number of rotatable bonds is 4. The molecule has 0 aliphatic carbocycles. The molecule has 0 bridgehead atoms. The molecule has 16 heavy (non-hydrogen) atoms. The summed E-state index contributed by atoms with van der Waals surface area (Å²) in [5.74, 6) is -0.223. The van der Waals surface area contributed by atoms with Gasteiger partial charge in [-0.05, 0) is 37.6 Å². The maximum Gasteiger partial charge on any atom is 0.251 e. The van der Waals surface area contributed by atoms with Crippen LogP contribution >= 0.6 is 11.6 Å². The standard InChI is InChI=1S/C12H14ClNO2/c1-3-16-7-6-12(15)14-11-5-4-10(13)8-9(11)2/h4-8H,3H2,1-2H3,(H,14,15)/b7-6+. The zero-order chi connectivity index (χ0) is 12.0. The summed E-state index contributed by atoms with van der Waals surface area (Å²) in [6.07, 6.45) is 2.72. The predicted molar refractivity (Wildman–Crippen MR) is 65.6 cm³/mol. The van der Waals surface area contributed by atoms with E-state index in [1.54, 1.807) is 18.2 Å². The summed E-state index contributed by atoms with van der Waals surface area (Å²) in [4.78, 5) is 11.4. The maximum atomic E-state index is 11.4. The second-order valence-electron chi connectivity index (χ2n) is 3.21. The predicted octanol–water partition coefficient (Wildman–Crippen LogP) is 3.14. The summed E-state index contributed by atoms with van der Waals surface area (Å²) in [6, 6.07) is 5.30. The number of ether oxygens (including phenoxy) is 1. The molecule has 1 rings (SSSR count). The van der Waals surface area contributed by atoms with E-state index >= 15 is 0 Å². The third-order valence-electron chi connectivity index (χ3n) is 1.93. The van der Waals surface area contributed by atoms with E-state index in [0.717, 1.165) is 11.3 Å². The Bertz CT molecular complexity index is 402. The Morgan fingerprint density at radius 1 is 1.56 bits per heavy atom. The highest BCUT2D eigenvalue weighted by Gasteiger charge is 2.01. The summed E-state index contributed by atoms with van der Waals surface area (Å²) in [5, 5.41) is 3.39. The fourth-order valence-electron chi connectivity index (χ4n) is 1.15. The van der Waals surface area contributed by atoms with Crippen LogP contribution in [0.2, 0.25) is 5.02 Å². The van der Waals surface area contributed by atoms with Gasteiger partial charge in [-0.3, -0.25) is 4.79 Å². The van der Waals surface area contributed by atoms with E-state index < -0.39 is 0 Å². The van der Waals surface area contributed by atoms with Crippen LogP contribution < -0.4 is 5.32 Å². The van der Waals surface area contributed by atoms with E-state index in [4.69, 9.17) is 16.3 Å². The van der Waals surface area contributed by atoms with E-state index in [-0.39, 0.29) is 5.91 Å². The van der Waals surface area contributed by atoms with Crippen molar-refractivity contribution in [3.8, 4) is 0 Å². The van der Waals surface area contributed by atoms with E-state index in [1.807, 2.05) is 13.8 Å². The van der Waals surface area contributed by atoms with Gasteiger partial charge in [0.1, 0.15) is 0 Å². The number of hydrogen-bond acceptors (Lipinski definition) is 2. The number of nitrogens with one attached hydrogen (secondary N) is 1. The lowest BCUT2D eigenvalue weighted by Gasteiger charge is -2.06. The van der Waals surface area contributed by atoms with Crippen molar-refractivity contribution in [2.75, 3.05) is 11.9 Å². The molecule has 0 spiro atoms. The SMILES string of the molecule is CCO/C=C/C(=O)Nc1ccc(Cl)cc1C. The number of benzene rings is 1. The van der Waals surface area contributed by atoms with Crippen molar-refractivity contribution < 1.29 is 9.53 Å². The van der Waals surface area contributed by atoms with Gasteiger partial charge in [-0.2, -0.15) is 0 Å². The third-order valence-corrected chi connectivity index (χ3v) is 2.16. The van der Waals surface area contributed by atoms with E-state index in [2.05, 4.69) is 5.32 Å². The number of amides is 1. The molecular weight excluding hydrogens is 226 g/mol. The number of anilines is 1. The smallest absolute Gasteiger partial charge is 0.251 e. The van der Waals surface area contributed by atoms with Crippen LogP contribution in [0, 0.1) is 6.92 Å². The van der Waals surface area contributed by atoms with Gasteiger partial charge in [0.25, 0.3) is 5.91 Å². The first-order chi connectivity index (χ1) is 7.63. The Morgan fingerprint density at radius 2 is 2.31 bits per heavy atom. The van der Waals surface area contributed by atoms with Crippen LogP contribution in [0.1, 0.15) is 12.5 Å². The third kappa shape index (κ3) is 3.95. The highest BCUT2D eigenvalue weighted by atomic mass is 35.5.